The third-order valence-electron chi connectivity index (χ3n) is 1.76. The van der Waals surface area contributed by atoms with Crippen LogP contribution in [0.2, 0.25) is 0 Å². The summed E-state index contributed by atoms with van der Waals surface area (Å²) in [7, 11) is 0. The zero-order valence-electron chi connectivity index (χ0n) is 8.66. The van der Waals surface area contributed by atoms with E-state index in [4.69, 9.17) is 10.8 Å². The summed E-state index contributed by atoms with van der Waals surface area (Å²) in [6.45, 7) is 0. The second kappa shape index (κ2) is 5.30. The molecule has 0 heterocycles. The molecule has 0 amide bonds. The van der Waals surface area contributed by atoms with Crippen molar-refractivity contribution in [2.75, 3.05) is 5.73 Å². The van der Waals surface area contributed by atoms with Crippen LogP contribution >= 0.6 is 15.9 Å². The van der Waals surface area contributed by atoms with Gasteiger partial charge in [-0.05, 0) is 34.1 Å². The molecule has 8 heteroatoms. The average Bonchev–Trinajstić information content (AvgIpc) is 2.18. The largest absolute Gasteiger partial charge is 0.573 e. The Bertz CT molecular complexity index is 500. The van der Waals surface area contributed by atoms with Crippen molar-refractivity contribution in [2.24, 2.45) is 0 Å². The van der Waals surface area contributed by atoms with Crippen LogP contribution in [-0.4, -0.2) is 17.4 Å². The van der Waals surface area contributed by atoms with Crippen LogP contribution in [0.5, 0.6) is 5.75 Å². The smallest absolute Gasteiger partial charge is 0.478 e. The SMILES string of the molecule is Nc1cc(/C=C/C(=O)O)c(OC(F)(F)F)cc1Br. The van der Waals surface area contributed by atoms with Crippen LogP contribution in [0.15, 0.2) is 22.7 Å². The van der Waals surface area contributed by atoms with Crippen LogP contribution < -0.4 is 10.5 Å². The molecule has 0 fully saturated rings. The van der Waals surface area contributed by atoms with E-state index in [0.29, 0.717) is 6.08 Å². The van der Waals surface area contributed by atoms with Gasteiger partial charge in [-0.3, -0.25) is 0 Å². The maximum atomic E-state index is 12.1. The van der Waals surface area contributed by atoms with Gasteiger partial charge in [0.1, 0.15) is 5.75 Å². The highest BCUT2D eigenvalue weighted by atomic mass is 79.9. The highest BCUT2D eigenvalue weighted by Gasteiger charge is 2.32. The number of hydrogen-bond acceptors (Lipinski definition) is 3. The monoisotopic (exact) mass is 325 g/mol. The number of aliphatic carboxylic acids is 1. The lowest BCUT2D eigenvalue weighted by atomic mass is 10.1. The fourth-order valence-corrected chi connectivity index (χ4v) is 1.42. The summed E-state index contributed by atoms with van der Waals surface area (Å²) < 4.78 is 40.4. The van der Waals surface area contributed by atoms with Crippen molar-refractivity contribution in [3.05, 3.63) is 28.2 Å². The van der Waals surface area contributed by atoms with Crippen molar-refractivity contribution >= 4 is 33.7 Å². The number of alkyl halides is 3. The molecule has 0 saturated heterocycles. The first-order chi connectivity index (χ1) is 8.19. The Hall–Kier alpha value is -1.70. The molecule has 18 heavy (non-hydrogen) atoms. The summed E-state index contributed by atoms with van der Waals surface area (Å²) in [6, 6.07) is 2.19. The third-order valence-corrected chi connectivity index (χ3v) is 2.45. The zero-order valence-corrected chi connectivity index (χ0v) is 10.2. The van der Waals surface area contributed by atoms with Crippen molar-refractivity contribution in [2.45, 2.75) is 6.36 Å². The van der Waals surface area contributed by atoms with Crippen molar-refractivity contribution in [1.82, 2.24) is 0 Å². The van der Waals surface area contributed by atoms with Crippen LogP contribution in [0.4, 0.5) is 18.9 Å². The van der Waals surface area contributed by atoms with Crippen molar-refractivity contribution in [3.8, 4) is 5.75 Å². The molecule has 0 aliphatic heterocycles. The fraction of sp³-hybridized carbons (Fsp3) is 0.100. The lowest BCUT2D eigenvalue weighted by molar-refractivity contribution is -0.274. The quantitative estimate of drug-likeness (QED) is 0.661. The van der Waals surface area contributed by atoms with Crippen LogP contribution in [0.3, 0.4) is 0 Å². The van der Waals surface area contributed by atoms with Gasteiger partial charge in [-0.15, -0.1) is 13.2 Å². The second-order valence-corrected chi connectivity index (χ2v) is 3.99. The molecule has 0 atom stereocenters. The predicted octanol–water partition coefficient (Wildman–Crippen LogP) is 3.03. The molecule has 0 spiro atoms. The van der Waals surface area contributed by atoms with E-state index in [0.717, 1.165) is 12.1 Å². The lowest BCUT2D eigenvalue weighted by Gasteiger charge is -2.12. The van der Waals surface area contributed by atoms with Crippen LogP contribution in [0.25, 0.3) is 6.08 Å². The Morgan fingerprint density at radius 2 is 2.06 bits per heavy atom. The van der Waals surface area contributed by atoms with Gasteiger partial charge >= 0.3 is 12.3 Å². The first-order valence-electron chi connectivity index (χ1n) is 4.45. The molecule has 0 unspecified atom stereocenters. The number of rotatable bonds is 3. The standard InChI is InChI=1S/C10H7BrF3NO3/c11-6-4-8(18-10(12,13)14)5(3-7(6)15)1-2-9(16)17/h1-4H,15H2,(H,16,17)/b2-1+. The van der Waals surface area contributed by atoms with Gasteiger partial charge in [0, 0.05) is 21.8 Å². The molecule has 0 radical (unpaired) electrons. The number of carboxylic acid groups (broad SMARTS) is 1. The molecule has 0 saturated carbocycles. The van der Waals surface area contributed by atoms with Crippen LogP contribution in [0, 0.1) is 0 Å². The summed E-state index contributed by atoms with van der Waals surface area (Å²) in [6.07, 6.45) is -3.22. The highest BCUT2D eigenvalue weighted by Crippen LogP contribution is 2.33. The number of halogens is 4. The number of nitrogen functional groups attached to an aromatic ring is 1. The Morgan fingerprint density at radius 3 is 2.56 bits per heavy atom. The molecule has 0 aromatic heterocycles. The van der Waals surface area contributed by atoms with Gasteiger partial charge in [0.15, 0.2) is 0 Å². The fourth-order valence-electron chi connectivity index (χ4n) is 1.09. The number of hydrogen-bond donors (Lipinski definition) is 2. The minimum atomic E-state index is -4.87. The van der Waals surface area contributed by atoms with Gasteiger partial charge in [0.25, 0.3) is 0 Å². The molecule has 0 bridgehead atoms. The van der Waals surface area contributed by atoms with E-state index in [9.17, 15) is 18.0 Å². The van der Waals surface area contributed by atoms with E-state index in [1.807, 2.05) is 0 Å². The molecule has 4 nitrogen and oxygen atoms in total. The average molecular weight is 326 g/mol. The lowest BCUT2D eigenvalue weighted by Crippen LogP contribution is -2.18. The van der Waals surface area contributed by atoms with Crippen LogP contribution in [0.1, 0.15) is 5.56 Å². The summed E-state index contributed by atoms with van der Waals surface area (Å²) in [5, 5.41) is 8.43. The molecule has 1 aromatic carbocycles. The Morgan fingerprint density at radius 1 is 1.44 bits per heavy atom. The van der Waals surface area contributed by atoms with Crippen molar-refractivity contribution in [3.63, 3.8) is 0 Å². The van der Waals surface area contributed by atoms with Gasteiger partial charge in [0.05, 0.1) is 0 Å². The molecule has 98 valence electrons. The molecule has 0 aliphatic rings. The summed E-state index contributed by atoms with van der Waals surface area (Å²) in [5.74, 6) is -1.84. The Kier molecular flexibility index (Phi) is 4.23. The van der Waals surface area contributed by atoms with E-state index in [1.54, 1.807) is 0 Å². The van der Waals surface area contributed by atoms with E-state index in [1.165, 1.54) is 6.07 Å². The first kappa shape index (κ1) is 14.4. The molecule has 1 aromatic rings. The molecule has 3 N–H and O–H groups in total. The molecule has 1 rings (SSSR count). The predicted molar refractivity (Wildman–Crippen MR) is 61.9 cm³/mol. The number of nitrogens with two attached hydrogens (primary N) is 1. The van der Waals surface area contributed by atoms with E-state index in [2.05, 4.69) is 20.7 Å². The summed E-state index contributed by atoms with van der Waals surface area (Å²) in [4.78, 5) is 10.3. The topological polar surface area (TPSA) is 72.6 Å². The molecular weight excluding hydrogens is 319 g/mol. The number of carboxylic acids is 1. The third kappa shape index (κ3) is 4.28. The molecule has 0 aliphatic carbocycles. The first-order valence-corrected chi connectivity index (χ1v) is 5.24. The second-order valence-electron chi connectivity index (χ2n) is 3.13. The van der Waals surface area contributed by atoms with Crippen LogP contribution in [-0.2, 0) is 4.79 Å². The van der Waals surface area contributed by atoms with E-state index < -0.39 is 18.1 Å². The Balaban J connectivity index is 3.21. The normalized spacial score (nSPS) is 11.8. The van der Waals surface area contributed by atoms with Gasteiger partial charge < -0.3 is 15.6 Å². The van der Waals surface area contributed by atoms with Crippen molar-refractivity contribution < 1.29 is 27.8 Å². The Labute approximate surface area is 108 Å². The van der Waals surface area contributed by atoms with E-state index in [-0.39, 0.29) is 15.7 Å². The maximum Gasteiger partial charge on any atom is 0.573 e. The minimum Gasteiger partial charge on any atom is -0.478 e. The van der Waals surface area contributed by atoms with Gasteiger partial charge in [-0.1, -0.05) is 0 Å². The van der Waals surface area contributed by atoms with Gasteiger partial charge in [-0.25, -0.2) is 4.79 Å². The van der Waals surface area contributed by atoms with Gasteiger partial charge in [0.2, 0.25) is 0 Å². The maximum absolute atomic E-state index is 12.1. The number of anilines is 1. The zero-order chi connectivity index (χ0) is 13.9. The minimum absolute atomic E-state index is 0.0876. The highest BCUT2D eigenvalue weighted by molar-refractivity contribution is 9.10. The summed E-state index contributed by atoms with van der Waals surface area (Å²) in [5.41, 5.74) is 5.57. The van der Waals surface area contributed by atoms with Crippen molar-refractivity contribution in [1.29, 1.82) is 0 Å². The number of carbonyl (C=O) groups is 1. The van der Waals surface area contributed by atoms with Gasteiger partial charge in [-0.2, -0.15) is 0 Å². The number of ether oxygens (including phenoxy) is 1. The van der Waals surface area contributed by atoms with E-state index >= 15 is 0 Å². The molecular formula is C10H7BrF3NO3. The summed E-state index contributed by atoms with van der Waals surface area (Å²) >= 11 is 2.96. The number of benzene rings is 1.